The van der Waals surface area contributed by atoms with Gasteiger partial charge in [0.15, 0.2) is 0 Å². The van der Waals surface area contributed by atoms with Crippen molar-refractivity contribution in [3.63, 3.8) is 0 Å². The van der Waals surface area contributed by atoms with Gasteiger partial charge >= 0.3 is 0 Å². The first-order chi connectivity index (χ1) is 37.2. The molecule has 0 N–H and O–H groups in total. The van der Waals surface area contributed by atoms with Crippen LogP contribution in [0.4, 0.5) is 0 Å². The predicted octanol–water partition coefficient (Wildman–Crippen LogP) is 19.8. The fraction of sp³-hybridized carbons (Fsp3) is 0. The van der Waals surface area contributed by atoms with E-state index < -0.39 is 0 Å². The van der Waals surface area contributed by atoms with E-state index in [4.69, 9.17) is 4.42 Å². The second-order valence-electron chi connectivity index (χ2n) is 19.6. The highest BCUT2D eigenvalue weighted by Crippen LogP contribution is 2.44. The molecule has 0 saturated heterocycles. The Hall–Kier alpha value is -9.96. The second kappa shape index (κ2) is 17.4. The minimum atomic E-state index is 0.897. The maximum absolute atomic E-state index is 6.58. The lowest BCUT2D eigenvalue weighted by molar-refractivity contribution is 0.670. The summed E-state index contributed by atoms with van der Waals surface area (Å²) in [6, 6.07) is 102. The summed E-state index contributed by atoms with van der Waals surface area (Å²) >= 11 is 0. The summed E-state index contributed by atoms with van der Waals surface area (Å²) in [5.41, 5.74) is 22.7. The molecule has 0 atom stereocenters. The first-order valence-electron chi connectivity index (χ1n) is 25.7. The van der Waals surface area contributed by atoms with E-state index in [2.05, 4.69) is 282 Å². The van der Waals surface area contributed by atoms with Gasteiger partial charge in [0.25, 0.3) is 0 Å². The van der Waals surface area contributed by atoms with Gasteiger partial charge in [-0.15, -0.1) is 0 Å². The zero-order valence-corrected chi connectivity index (χ0v) is 40.9. The van der Waals surface area contributed by atoms with Crippen LogP contribution in [0.5, 0.6) is 0 Å². The van der Waals surface area contributed by atoms with E-state index in [1.807, 2.05) is 6.07 Å². The third-order valence-corrected chi connectivity index (χ3v) is 15.3. The number of hydrogen-bond acceptors (Lipinski definition) is 1. The van der Waals surface area contributed by atoms with Crippen LogP contribution in [0.1, 0.15) is 0 Å². The van der Waals surface area contributed by atoms with Crippen LogP contribution in [-0.2, 0) is 0 Å². The second-order valence-corrected chi connectivity index (χ2v) is 19.6. The molecule has 0 aliphatic heterocycles. The number of hydrogen-bond donors (Lipinski definition) is 0. The molecule has 0 radical (unpaired) electrons. The molecule has 3 heterocycles. The lowest BCUT2D eigenvalue weighted by atomic mass is 9.95. The molecule has 0 amide bonds. The molecule has 0 aliphatic rings. The highest BCUT2D eigenvalue weighted by molar-refractivity contribution is 6.18. The summed E-state index contributed by atoms with van der Waals surface area (Å²) < 4.78 is 11.5. The zero-order chi connectivity index (χ0) is 49.4. The smallest absolute Gasteiger partial charge is 0.143 e. The van der Waals surface area contributed by atoms with Crippen LogP contribution in [0, 0.1) is 0 Å². The SMILES string of the molecule is c1ccc(-c2cccc(-c3cccc4c3c3cc(-c5ccc6c(c5)c5ccccc5n6-c5cc(-c6ccccc6)ccc5-c5ccccc5)ccc3n4-c3cccc(-c4cccc5c4oc4ccccc45)c3)c2)cc1. The van der Waals surface area contributed by atoms with Gasteiger partial charge in [0.05, 0.1) is 27.8 Å². The molecule has 3 nitrogen and oxygen atoms in total. The zero-order valence-electron chi connectivity index (χ0n) is 40.9. The van der Waals surface area contributed by atoms with Gasteiger partial charge in [-0.05, 0) is 122 Å². The summed E-state index contributed by atoms with van der Waals surface area (Å²) in [4.78, 5) is 0. The Morgan fingerprint density at radius 2 is 0.747 bits per heavy atom. The van der Waals surface area contributed by atoms with Gasteiger partial charge in [-0.3, -0.25) is 0 Å². The van der Waals surface area contributed by atoms with Gasteiger partial charge in [-0.25, -0.2) is 0 Å². The molecular weight excluding hydrogens is 909 g/mol. The minimum absolute atomic E-state index is 0.897. The normalized spacial score (nSPS) is 11.7. The van der Waals surface area contributed by atoms with Crippen molar-refractivity contribution in [2.45, 2.75) is 0 Å². The van der Waals surface area contributed by atoms with E-state index in [9.17, 15) is 0 Å². The Morgan fingerprint density at radius 1 is 0.240 bits per heavy atom. The predicted molar refractivity (Wildman–Crippen MR) is 315 cm³/mol. The average Bonchev–Trinajstić information content (AvgIpc) is 4.20. The molecule has 12 aromatic carbocycles. The molecule has 0 aliphatic carbocycles. The standard InChI is InChI=1S/C72H46N2O/c1-4-18-47(19-5-1)50-24-14-25-54(42-50)58-30-17-34-68-71(58)64-45-52(38-41-67(64)73(68)56-27-15-26-55(43-56)59-31-16-32-62-61-29-11-13-35-70(61)75-72(59)62)51-37-40-66-63(44-51)60-28-10-12-33-65(60)74(66)69-46-53(48-20-6-2-7-21-48)36-39-57(69)49-22-8-3-9-23-49/h1-46H. The maximum atomic E-state index is 6.58. The van der Waals surface area contributed by atoms with Crippen molar-refractivity contribution < 1.29 is 4.42 Å². The van der Waals surface area contributed by atoms with Gasteiger partial charge in [0.1, 0.15) is 11.2 Å². The van der Waals surface area contributed by atoms with E-state index in [1.165, 1.54) is 82.6 Å². The largest absolute Gasteiger partial charge is 0.455 e. The number of fused-ring (bicyclic) bond motifs is 9. The van der Waals surface area contributed by atoms with Crippen LogP contribution >= 0.6 is 0 Å². The van der Waals surface area contributed by atoms with Gasteiger partial charge in [-0.1, -0.05) is 212 Å². The van der Waals surface area contributed by atoms with E-state index in [1.54, 1.807) is 0 Å². The number of aromatic nitrogens is 2. The van der Waals surface area contributed by atoms with Crippen molar-refractivity contribution in [3.8, 4) is 78.1 Å². The first-order valence-corrected chi connectivity index (χ1v) is 25.7. The summed E-state index contributed by atoms with van der Waals surface area (Å²) in [5, 5.41) is 7.09. The topological polar surface area (TPSA) is 23.0 Å². The summed E-state index contributed by atoms with van der Waals surface area (Å²) in [6.07, 6.45) is 0. The number of rotatable bonds is 8. The van der Waals surface area contributed by atoms with E-state index in [0.29, 0.717) is 0 Å². The number of nitrogens with zero attached hydrogens (tertiary/aromatic N) is 2. The van der Waals surface area contributed by atoms with Crippen molar-refractivity contribution in [1.82, 2.24) is 9.13 Å². The van der Waals surface area contributed by atoms with Crippen molar-refractivity contribution in [3.05, 3.63) is 279 Å². The maximum Gasteiger partial charge on any atom is 0.143 e. The molecule has 0 fully saturated rings. The highest BCUT2D eigenvalue weighted by atomic mass is 16.3. The molecule has 0 saturated carbocycles. The molecule has 15 aromatic rings. The fourth-order valence-electron chi connectivity index (χ4n) is 11.9. The van der Waals surface area contributed by atoms with E-state index >= 15 is 0 Å². The van der Waals surface area contributed by atoms with Crippen molar-refractivity contribution in [2.75, 3.05) is 0 Å². The molecule has 15 rings (SSSR count). The van der Waals surface area contributed by atoms with Gasteiger partial charge in [0.2, 0.25) is 0 Å². The van der Waals surface area contributed by atoms with E-state index in [0.717, 1.165) is 61.0 Å². The summed E-state index contributed by atoms with van der Waals surface area (Å²) in [7, 11) is 0. The Balaban J connectivity index is 0.934. The molecule has 0 spiro atoms. The van der Waals surface area contributed by atoms with Crippen molar-refractivity contribution in [2.24, 2.45) is 0 Å². The van der Waals surface area contributed by atoms with Crippen molar-refractivity contribution in [1.29, 1.82) is 0 Å². The lowest BCUT2D eigenvalue weighted by Crippen LogP contribution is -1.98. The highest BCUT2D eigenvalue weighted by Gasteiger charge is 2.21. The van der Waals surface area contributed by atoms with Crippen LogP contribution in [0.2, 0.25) is 0 Å². The molecule has 75 heavy (non-hydrogen) atoms. The molecular formula is C72H46N2O. The first kappa shape index (κ1) is 42.7. The third-order valence-electron chi connectivity index (χ3n) is 15.3. The molecule has 0 bridgehead atoms. The van der Waals surface area contributed by atoms with Gasteiger partial charge < -0.3 is 13.6 Å². The Kier molecular flexibility index (Phi) is 9.89. The number of para-hydroxylation sites is 3. The monoisotopic (exact) mass is 954 g/mol. The van der Waals surface area contributed by atoms with Gasteiger partial charge in [-0.2, -0.15) is 0 Å². The Morgan fingerprint density at radius 3 is 1.52 bits per heavy atom. The molecule has 0 unspecified atom stereocenters. The molecule has 350 valence electrons. The molecule has 3 heteroatoms. The molecule has 3 aromatic heterocycles. The third kappa shape index (κ3) is 7.05. The van der Waals surface area contributed by atoms with Crippen LogP contribution in [0.15, 0.2) is 283 Å². The van der Waals surface area contributed by atoms with Crippen LogP contribution < -0.4 is 0 Å². The minimum Gasteiger partial charge on any atom is -0.455 e. The fourth-order valence-corrected chi connectivity index (χ4v) is 11.9. The lowest BCUT2D eigenvalue weighted by Gasteiger charge is -2.16. The van der Waals surface area contributed by atoms with Gasteiger partial charge in [0, 0.05) is 49.1 Å². The van der Waals surface area contributed by atoms with E-state index in [-0.39, 0.29) is 0 Å². The summed E-state index contributed by atoms with van der Waals surface area (Å²) in [6.45, 7) is 0. The van der Waals surface area contributed by atoms with Crippen molar-refractivity contribution >= 4 is 65.6 Å². The van der Waals surface area contributed by atoms with Crippen LogP contribution in [-0.4, -0.2) is 9.13 Å². The quantitative estimate of drug-likeness (QED) is 0.149. The average molecular weight is 955 g/mol. The Labute approximate surface area is 434 Å². The Bertz CT molecular complexity index is 4690. The van der Waals surface area contributed by atoms with Crippen LogP contribution in [0.25, 0.3) is 144 Å². The van der Waals surface area contributed by atoms with Crippen LogP contribution in [0.3, 0.4) is 0 Å². The number of furan rings is 1. The number of benzene rings is 12. The summed E-state index contributed by atoms with van der Waals surface area (Å²) in [5.74, 6) is 0.